The van der Waals surface area contributed by atoms with E-state index in [0.717, 1.165) is 50.2 Å². The first kappa shape index (κ1) is 58.5. The minimum Gasteiger partial charge on any atom is -0.456 e. The van der Waals surface area contributed by atoms with Crippen LogP contribution in [0.25, 0.3) is 132 Å². The van der Waals surface area contributed by atoms with Crippen molar-refractivity contribution in [1.82, 2.24) is 0 Å². The third-order valence-electron chi connectivity index (χ3n) is 13.9. The zero-order valence-electron chi connectivity index (χ0n) is 49.3. The standard InChI is InChI=1S/4C18H12O.4C2H6/c1-2-7-13(8-3-1)14-10-6-11-16-15-9-4-5-12-17(15)19-18(14)16;1-2-7-13(8-3-1)14-10-6-12-17-18(14)15-9-4-5-11-16(15)19-17;1-2-6-13(7-3-1)14-10-11-18-16(12-14)15-8-4-5-9-17(15)19-18;1-2-6-13(7-3-1)14-10-11-16-15-8-4-5-9-17(15)19-18(16)12-14;4*1-2/h4*1-12H;4*1-2H3. The summed E-state index contributed by atoms with van der Waals surface area (Å²) in [5.41, 5.74) is 17.2. The normalized spacial score (nSPS) is 10.4. The van der Waals surface area contributed by atoms with Gasteiger partial charge in [0.15, 0.2) is 0 Å². The molecule has 0 saturated heterocycles. The molecule has 0 aliphatic carbocycles. The minimum atomic E-state index is 0.945. The van der Waals surface area contributed by atoms with E-state index in [9.17, 15) is 0 Å². The maximum absolute atomic E-state index is 6.04. The molecule has 4 nitrogen and oxygen atoms in total. The maximum atomic E-state index is 6.04. The molecular formula is C80H72O4. The van der Waals surface area contributed by atoms with E-state index in [4.69, 9.17) is 17.7 Å². The number of hydrogen-bond donors (Lipinski definition) is 0. The third kappa shape index (κ3) is 12.8. The summed E-state index contributed by atoms with van der Waals surface area (Å²) in [7, 11) is 0. The molecule has 4 aromatic heterocycles. The van der Waals surface area contributed by atoms with Gasteiger partial charge in [-0.3, -0.25) is 0 Å². The lowest BCUT2D eigenvalue weighted by Crippen LogP contribution is -1.78. The number of para-hydroxylation sites is 5. The zero-order chi connectivity index (χ0) is 58.6. The first-order valence-corrected chi connectivity index (χ1v) is 29.5. The largest absolute Gasteiger partial charge is 0.456 e. The molecule has 0 bridgehead atoms. The first-order chi connectivity index (χ1) is 41.7. The van der Waals surface area contributed by atoms with Crippen LogP contribution >= 0.6 is 0 Å². The Morgan fingerprint density at radius 1 is 0.179 bits per heavy atom. The van der Waals surface area contributed by atoms with Crippen LogP contribution in [0.2, 0.25) is 0 Å². The predicted octanol–water partition coefficient (Wildman–Crippen LogP) is 25.1. The fourth-order valence-electron chi connectivity index (χ4n) is 10.3. The van der Waals surface area contributed by atoms with Crippen molar-refractivity contribution in [2.75, 3.05) is 0 Å². The van der Waals surface area contributed by atoms with Crippen molar-refractivity contribution in [3.8, 4) is 44.5 Å². The number of benzene rings is 12. The number of furan rings is 4. The molecule has 4 heteroatoms. The molecule has 0 unspecified atom stereocenters. The lowest BCUT2D eigenvalue weighted by Gasteiger charge is -2.03. The van der Waals surface area contributed by atoms with Crippen LogP contribution in [-0.4, -0.2) is 0 Å². The molecular weight excluding hydrogens is 1020 g/mol. The second kappa shape index (κ2) is 29.0. The van der Waals surface area contributed by atoms with Crippen molar-refractivity contribution >= 4 is 87.8 Å². The van der Waals surface area contributed by atoms with E-state index in [0.29, 0.717) is 0 Å². The van der Waals surface area contributed by atoms with Gasteiger partial charge < -0.3 is 17.7 Å². The highest BCUT2D eigenvalue weighted by Gasteiger charge is 2.14. The van der Waals surface area contributed by atoms with Crippen LogP contribution in [0.3, 0.4) is 0 Å². The second-order valence-corrected chi connectivity index (χ2v) is 18.6. The Labute approximate surface area is 493 Å². The van der Waals surface area contributed by atoms with E-state index < -0.39 is 0 Å². The molecule has 0 spiro atoms. The predicted molar refractivity (Wildman–Crippen MR) is 362 cm³/mol. The smallest absolute Gasteiger partial charge is 0.143 e. The van der Waals surface area contributed by atoms with E-state index >= 15 is 0 Å². The van der Waals surface area contributed by atoms with Gasteiger partial charge >= 0.3 is 0 Å². The Morgan fingerprint density at radius 2 is 0.512 bits per heavy atom. The van der Waals surface area contributed by atoms with Gasteiger partial charge in [0.25, 0.3) is 0 Å². The summed E-state index contributed by atoms with van der Waals surface area (Å²) in [6, 6.07) is 99.6. The van der Waals surface area contributed by atoms with E-state index in [1.165, 1.54) is 82.0 Å². The summed E-state index contributed by atoms with van der Waals surface area (Å²) < 4.78 is 23.7. The molecule has 0 aliphatic heterocycles. The highest BCUT2D eigenvalue weighted by molar-refractivity contribution is 6.13. The van der Waals surface area contributed by atoms with Gasteiger partial charge in [-0.1, -0.05) is 292 Å². The van der Waals surface area contributed by atoms with Crippen LogP contribution in [0, 0.1) is 0 Å². The summed E-state index contributed by atoms with van der Waals surface area (Å²) in [4.78, 5) is 0. The van der Waals surface area contributed by atoms with Crippen LogP contribution in [0.15, 0.2) is 309 Å². The molecule has 0 atom stereocenters. The van der Waals surface area contributed by atoms with Gasteiger partial charge in [0.05, 0.1) is 0 Å². The van der Waals surface area contributed by atoms with Crippen LogP contribution in [0.4, 0.5) is 0 Å². The first-order valence-electron chi connectivity index (χ1n) is 29.5. The third-order valence-corrected chi connectivity index (χ3v) is 13.9. The Morgan fingerprint density at radius 3 is 1.07 bits per heavy atom. The van der Waals surface area contributed by atoms with E-state index in [1.54, 1.807) is 0 Å². The minimum absolute atomic E-state index is 0.945. The topological polar surface area (TPSA) is 52.6 Å². The fourth-order valence-corrected chi connectivity index (χ4v) is 10.3. The van der Waals surface area contributed by atoms with Crippen molar-refractivity contribution in [1.29, 1.82) is 0 Å². The second-order valence-electron chi connectivity index (χ2n) is 18.6. The van der Waals surface area contributed by atoms with Crippen molar-refractivity contribution in [3.63, 3.8) is 0 Å². The van der Waals surface area contributed by atoms with Crippen molar-refractivity contribution in [2.45, 2.75) is 55.4 Å². The van der Waals surface area contributed by atoms with Crippen molar-refractivity contribution in [3.05, 3.63) is 291 Å². The average molecular weight is 1100 g/mol. The van der Waals surface area contributed by atoms with Crippen LogP contribution < -0.4 is 0 Å². The Kier molecular flexibility index (Phi) is 20.2. The van der Waals surface area contributed by atoms with Gasteiger partial charge in [-0.25, -0.2) is 0 Å². The Balaban J connectivity index is 0.000000129. The van der Waals surface area contributed by atoms with E-state index in [-0.39, 0.29) is 0 Å². The molecule has 0 fully saturated rings. The molecule has 16 rings (SSSR count). The van der Waals surface area contributed by atoms with Crippen LogP contribution in [0.5, 0.6) is 0 Å². The molecule has 84 heavy (non-hydrogen) atoms. The van der Waals surface area contributed by atoms with Crippen LogP contribution in [-0.2, 0) is 0 Å². The van der Waals surface area contributed by atoms with Gasteiger partial charge in [0, 0.05) is 48.7 Å². The molecule has 0 N–H and O–H groups in total. The molecule has 0 amide bonds. The lowest BCUT2D eigenvalue weighted by atomic mass is 10.00. The van der Waals surface area contributed by atoms with Gasteiger partial charge in [-0.15, -0.1) is 0 Å². The monoisotopic (exact) mass is 1100 g/mol. The highest BCUT2D eigenvalue weighted by atomic mass is 16.3. The molecule has 16 aromatic rings. The van der Waals surface area contributed by atoms with E-state index in [2.05, 4.69) is 188 Å². The highest BCUT2D eigenvalue weighted by Crippen LogP contribution is 2.38. The molecule has 416 valence electrons. The summed E-state index contributed by atoms with van der Waals surface area (Å²) in [5, 5.41) is 9.44. The Hall–Kier alpha value is -10.2. The number of hydrogen-bond acceptors (Lipinski definition) is 4. The molecule has 0 saturated carbocycles. The van der Waals surface area contributed by atoms with Crippen molar-refractivity contribution < 1.29 is 17.7 Å². The number of fused-ring (bicyclic) bond motifs is 12. The maximum Gasteiger partial charge on any atom is 0.143 e. The quantitative estimate of drug-likeness (QED) is 0.176. The number of rotatable bonds is 4. The SMILES string of the molecule is CC.CC.CC.CC.c1ccc(-c2ccc3c(c2)oc2ccccc23)cc1.c1ccc(-c2ccc3oc4ccccc4c3c2)cc1.c1ccc(-c2cccc3c2oc2ccccc23)cc1.c1ccc(-c2cccc3oc4ccccc4c23)cc1. The zero-order valence-corrected chi connectivity index (χ0v) is 49.3. The lowest BCUT2D eigenvalue weighted by molar-refractivity contribution is 0.668. The molecule has 12 aromatic carbocycles. The Bertz CT molecular complexity index is 4600. The summed E-state index contributed by atoms with van der Waals surface area (Å²) in [5.74, 6) is 0. The summed E-state index contributed by atoms with van der Waals surface area (Å²) in [6.45, 7) is 16.0. The van der Waals surface area contributed by atoms with Gasteiger partial charge in [-0.05, 0) is 93.5 Å². The van der Waals surface area contributed by atoms with Crippen LogP contribution in [0.1, 0.15) is 55.4 Å². The average Bonchev–Trinajstić information content (AvgIpc) is 4.53. The van der Waals surface area contributed by atoms with Gasteiger partial charge in [0.1, 0.15) is 44.7 Å². The van der Waals surface area contributed by atoms with Gasteiger partial charge in [-0.2, -0.15) is 0 Å². The van der Waals surface area contributed by atoms with E-state index in [1.807, 2.05) is 159 Å². The molecule has 0 aliphatic rings. The molecule has 4 heterocycles. The van der Waals surface area contributed by atoms with Crippen molar-refractivity contribution in [2.24, 2.45) is 0 Å². The molecule has 0 radical (unpaired) electrons. The summed E-state index contributed by atoms with van der Waals surface area (Å²) >= 11 is 0. The fraction of sp³-hybridized carbons (Fsp3) is 0.100. The summed E-state index contributed by atoms with van der Waals surface area (Å²) in [6.07, 6.45) is 0. The van der Waals surface area contributed by atoms with Gasteiger partial charge in [0.2, 0.25) is 0 Å².